The lowest BCUT2D eigenvalue weighted by Crippen LogP contribution is -2.48. The van der Waals surface area contributed by atoms with E-state index in [4.69, 9.17) is 9.05 Å². The van der Waals surface area contributed by atoms with E-state index in [9.17, 15) is 4.79 Å². The standard InChI is InChI=1S/C19H21N5O3/c1-13-3-5-15(6-4-13)18-20-17(27-22-18)12-23-7-9-24(10-8-23)19(25)16-11-14(2)26-21-16/h3-6,11H,7-10,12H2,1-2H3. The highest BCUT2D eigenvalue weighted by atomic mass is 16.5. The number of aromatic nitrogens is 3. The molecule has 2 aromatic heterocycles. The third-order valence-electron chi connectivity index (χ3n) is 4.64. The van der Waals surface area contributed by atoms with Crippen molar-refractivity contribution in [1.82, 2.24) is 25.1 Å². The molecule has 1 amide bonds. The fourth-order valence-electron chi connectivity index (χ4n) is 3.07. The Morgan fingerprint density at radius 3 is 2.44 bits per heavy atom. The zero-order valence-corrected chi connectivity index (χ0v) is 15.4. The van der Waals surface area contributed by atoms with Crippen molar-refractivity contribution in [3.63, 3.8) is 0 Å². The van der Waals surface area contributed by atoms with Crippen LogP contribution in [0.5, 0.6) is 0 Å². The zero-order valence-electron chi connectivity index (χ0n) is 15.4. The number of carbonyl (C=O) groups excluding carboxylic acids is 1. The van der Waals surface area contributed by atoms with E-state index in [1.165, 1.54) is 5.56 Å². The summed E-state index contributed by atoms with van der Waals surface area (Å²) in [6, 6.07) is 9.69. The molecule has 0 N–H and O–H groups in total. The first kappa shape index (κ1) is 17.4. The van der Waals surface area contributed by atoms with Gasteiger partial charge in [-0.3, -0.25) is 9.69 Å². The Hall–Kier alpha value is -3.00. The molecule has 0 bridgehead atoms. The predicted octanol–water partition coefficient (Wildman–Crippen LogP) is 2.30. The van der Waals surface area contributed by atoms with E-state index < -0.39 is 0 Å². The highest BCUT2D eigenvalue weighted by molar-refractivity contribution is 5.92. The highest BCUT2D eigenvalue weighted by Crippen LogP contribution is 2.17. The minimum Gasteiger partial charge on any atom is -0.361 e. The molecule has 0 radical (unpaired) electrons. The quantitative estimate of drug-likeness (QED) is 0.699. The van der Waals surface area contributed by atoms with E-state index in [0.717, 1.165) is 18.7 Å². The van der Waals surface area contributed by atoms with Crippen LogP contribution in [-0.2, 0) is 6.54 Å². The molecular formula is C19H21N5O3. The van der Waals surface area contributed by atoms with Gasteiger partial charge in [-0.1, -0.05) is 40.1 Å². The van der Waals surface area contributed by atoms with Gasteiger partial charge in [0.25, 0.3) is 5.91 Å². The minimum atomic E-state index is -0.0917. The molecule has 8 nitrogen and oxygen atoms in total. The van der Waals surface area contributed by atoms with Gasteiger partial charge in [0, 0.05) is 37.8 Å². The van der Waals surface area contributed by atoms with E-state index >= 15 is 0 Å². The van der Waals surface area contributed by atoms with Crippen LogP contribution >= 0.6 is 0 Å². The number of hydrogen-bond donors (Lipinski definition) is 0. The second-order valence-corrected chi connectivity index (χ2v) is 6.77. The Kier molecular flexibility index (Phi) is 4.72. The van der Waals surface area contributed by atoms with Crippen LogP contribution in [0.1, 0.15) is 27.7 Å². The molecule has 3 aromatic rings. The molecule has 1 fully saturated rings. The summed E-state index contributed by atoms with van der Waals surface area (Å²) in [4.78, 5) is 20.9. The van der Waals surface area contributed by atoms with Gasteiger partial charge in [-0.15, -0.1) is 0 Å². The number of piperazine rings is 1. The van der Waals surface area contributed by atoms with E-state index in [0.29, 0.717) is 42.8 Å². The van der Waals surface area contributed by atoms with Gasteiger partial charge in [-0.2, -0.15) is 4.98 Å². The second kappa shape index (κ2) is 7.32. The molecule has 0 atom stereocenters. The lowest BCUT2D eigenvalue weighted by molar-refractivity contribution is 0.0605. The summed E-state index contributed by atoms with van der Waals surface area (Å²) in [5.74, 6) is 1.72. The van der Waals surface area contributed by atoms with Crippen LogP contribution in [0.2, 0.25) is 0 Å². The lowest BCUT2D eigenvalue weighted by atomic mass is 10.1. The monoisotopic (exact) mass is 367 g/mol. The molecule has 4 rings (SSSR count). The Morgan fingerprint density at radius 2 is 1.78 bits per heavy atom. The number of aryl methyl sites for hydroxylation is 2. The maximum Gasteiger partial charge on any atom is 0.276 e. The average Bonchev–Trinajstić information content (AvgIpc) is 3.32. The number of rotatable bonds is 4. The molecule has 1 aliphatic rings. The molecule has 27 heavy (non-hydrogen) atoms. The minimum absolute atomic E-state index is 0.0917. The van der Waals surface area contributed by atoms with Crippen LogP contribution < -0.4 is 0 Å². The van der Waals surface area contributed by atoms with Crippen LogP contribution in [0.15, 0.2) is 39.4 Å². The molecule has 140 valence electrons. The van der Waals surface area contributed by atoms with Gasteiger partial charge < -0.3 is 13.9 Å². The van der Waals surface area contributed by atoms with Gasteiger partial charge in [-0.25, -0.2) is 0 Å². The predicted molar refractivity (Wildman–Crippen MR) is 96.9 cm³/mol. The van der Waals surface area contributed by atoms with Crippen molar-refractivity contribution < 1.29 is 13.8 Å². The first-order valence-electron chi connectivity index (χ1n) is 8.93. The topological polar surface area (TPSA) is 88.5 Å². The van der Waals surface area contributed by atoms with Crippen molar-refractivity contribution in [2.45, 2.75) is 20.4 Å². The Bertz CT molecular complexity index is 923. The fourth-order valence-corrected chi connectivity index (χ4v) is 3.07. The number of nitrogens with zero attached hydrogens (tertiary/aromatic N) is 5. The molecular weight excluding hydrogens is 346 g/mol. The van der Waals surface area contributed by atoms with Crippen molar-refractivity contribution in [1.29, 1.82) is 0 Å². The van der Waals surface area contributed by atoms with Crippen molar-refractivity contribution >= 4 is 5.91 Å². The fraction of sp³-hybridized carbons (Fsp3) is 0.368. The van der Waals surface area contributed by atoms with Gasteiger partial charge in [0.1, 0.15) is 5.76 Å². The van der Waals surface area contributed by atoms with Gasteiger partial charge in [0.15, 0.2) is 5.69 Å². The normalized spacial score (nSPS) is 15.3. The summed E-state index contributed by atoms with van der Waals surface area (Å²) < 4.78 is 10.4. The van der Waals surface area contributed by atoms with Crippen molar-refractivity contribution in [2.75, 3.05) is 26.2 Å². The van der Waals surface area contributed by atoms with E-state index in [1.807, 2.05) is 31.2 Å². The first-order valence-corrected chi connectivity index (χ1v) is 8.93. The molecule has 0 spiro atoms. The third kappa shape index (κ3) is 3.90. The molecule has 1 saturated heterocycles. The summed E-state index contributed by atoms with van der Waals surface area (Å²) in [7, 11) is 0. The summed E-state index contributed by atoms with van der Waals surface area (Å²) in [6.45, 7) is 7.13. The molecule has 1 aliphatic heterocycles. The van der Waals surface area contributed by atoms with Crippen molar-refractivity contribution in [3.8, 4) is 11.4 Å². The molecule has 3 heterocycles. The van der Waals surface area contributed by atoms with Crippen LogP contribution in [0.3, 0.4) is 0 Å². The van der Waals surface area contributed by atoms with Gasteiger partial charge in [0.05, 0.1) is 6.54 Å². The van der Waals surface area contributed by atoms with Gasteiger partial charge in [-0.05, 0) is 13.8 Å². The van der Waals surface area contributed by atoms with Crippen molar-refractivity contribution in [3.05, 3.63) is 53.2 Å². The smallest absolute Gasteiger partial charge is 0.276 e. The van der Waals surface area contributed by atoms with E-state index in [1.54, 1.807) is 17.9 Å². The average molecular weight is 367 g/mol. The summed E-state index contributed by atoms with van der Waals surface area (Å²) in [5, 5.41) is 7.87. The van der Waals surface area contributed by atoms with E-state index in [-0.39, 0.29) is 5.91 Å². The Morgan fingerprint density at radius 1 is 1.04 bits per heavy atom. The molecule has 0 unspecified atom stereocenters. The number of benzene rings is 1. The first-order chi connectivity index (χ1) is 13.1. The summed E-state index contributed by atoms with van der Waals surface area (Å²) in [5.41, 5.74) is 2.49. The van der Waals surface area contributed by atoms with Crippen LogP contribution in [0.25, 0.3) is 11.4 Å². The lowest BCUT2D eigenvalue weighted by Gasteiger charge is -2.33. The van der Waals surface area contributed by atoms with Crippen LogP contribution in [0.4, 0.5) is 0 Å². The van der Waals surface area contributed by atoms with E-state index in [2.05, 4.69) is 20.2 Å². The second-order valence-electron chi connectivity index (χ2n) is 6.77. The largest absolute Gasteiger partial charge is 0.361 e. The third-order valence-corrected chi connectivity index (χ3v) is 4.64. The van der Waals surface area contributed by atoms with Crippen molar-refractivity contribution in [2.24, 2.45) is 0 Å². The maximum absolute atomic E-state index is 12.4. The number of amides is 1. The molecule has 0 aliphatic carbocycles. The van der Waals surface area contributed by atoms with Gasteiger partial charge >= 0.3 is 0 Å². The number of carbonyl (C=O) groups is 1. The maximum atomic E-state index is 12.4. The summed E-state index contributed by atoms with van der Waals surface area (Å²) in [6.07, 6.45) is 0. The molecule has 0 saturated carbocycles. The Balaban J connectivity index is 1.33. The number of hydrogen-bond acceptors (Lipinski definition) is 7. The summed E-state index contributed by atoms with van der Waals surface area (Å²) >= 11 is 0. The highest BCUT2D eigenvalue weighted by Gasteiger charge is 2.25. The Labute approximate surface area is 156 Å². The van der Waals surface area contributed by atoms with Crippen LogP contribution in [0, 0.1) is 13.8 Å². The molecule has 8 heteroatoms. The molecule has 1 aromatic carbocycles. The van der Waals surface area contributed by atoms with Crippen LogP contribution in [-0.4, -0.2) is 57.2 Å². The zero-order chi connectivity index (χ0) is 18.8. The SMILES string of the molecule is Cc1ccc(-c2noc(CN3CCN(C(=O)c4cc(C)on4)CC3)n2)cc1. The van der Waals surface area contributed by atoms with Gasteiger partial charge in [0.2, 0.25) is 11.7 Å².